The molecule has 24 heavy (non-hydrogen) atoms. The van der Waals surface area contributed by atoms with Gasteiger partial charge in [-0.2, -0.15) is 0 Å². The number of hydrogen-bond donors (Lipinski definition) is 1. The first-order valence-corrected chi connectivity index (χ1v) is 8.17. The van der Waals surface area contributed by atoms with Crippen LogP contribution in [0.1, 0.15) is 11.3 Å². The quantitative estimate of drug-likeness (QED) is 0.712. The van der Waals surface area contributed by atoms with Crippen molar-refractivity contribution in [1.29, 1.82) is 0 Å². The largest absolute Gasteiger partial charge is 0.365 e. The van der Waals surface area contributed by atoms with Crippen molar-refractivity contribution in [2.45, 2.75) is 13.2 Å². The molecule has 3 aromatic rings. The summed E-state index contributed by atoms with van der Waals surface area (Å²) in [4.78, 5) is 12.7. The van der Waals surface area contributed by atoms with Crippen LogP contribution in [0, 0.1) is 5.82 Å². The van der Waals surface area contributed by atoms with Gasteiger partial charge in [-0.05, 0) is 29.1 Å². The summed E-state index contributed by atoms with van der Waals surface area (Å²) in [5, 5.41) is 8.53. The summed E-state index contributed by atoms with van der Waals surface area (Å²) in [5.74, 6) is 0.0750. The molecule has 0 aliphatic rings. The van der Waals surface area contributed by atoms with Crippen molar-refractivity contribution >= 4 is 17.2 Å². The summed E-state index contributed by atoms with van der Waals surface area (Å²) < 4.78 is 23.6. The van der Waals surface area contributed by atoms with E-state index >= 15 is 0 Å². The minimum absolute atomic E-state index is 0.101. The zero-order valence-electron chi connectivity index (χ0n) is 12.7. The molecule has 0 aliphatic heterocycles. The second-order valence-electron chi connectivity index (χ2n) is 5.06. The fourth-order valence-corrected chi connectivity index (χ4v) is 2.73. The van der Waals surface area contributed by atoms with Gasteiger partial charge in [0.15, 0.2) is 5.76 Å². The average Bonchev–Trinajstić information content (AvgIpc) is 3.24. The van der Waals surface area contributed by atoms with E-state index in [-0.39, 0.29) is 31.5 Å². The van der Waals surface area contributed by atoms with Crippen LogP contribution in [0.3, 0.4) is 0 Å². The number of rotatable bonds is 7. The van der Waals surface area contributed by atoms with Crippen molar-refractivity contribution in [2.75, 3.05) is 6.61 Å². The van der Waals surface area contributed by atoms with Gasteiger partial charge in [-0.3, -0.25) is 4.79 Å². The van der Waals surface area contributed by atoms with E-state index < -0.39 is 0 Å². The lowest BCUT2D eigenvalue weighted by Gasteiger charge is -2.05. The first kappa shape index (κ1) is 16.4. The number of nitrogens with zero attached hydrogens (tertiary/aromatic N) is 1. The first-order chi connectivity index (χ1) is 11.7. The molecular weight excluding hydrogens is 331 g/mol. The maximum atomic E-state index is 13.0. The van der Waals surface area contributed by atoms with Gasteiger partial charge in [0.25, 0.3) is 0 Å². The molecule has 0 unspecified atom stereocenters. The van der Waals surface area contributed by atoms with Crippen molar-refractivity contribution in [3.63, 3.8) is 0 Å². The number of carbonyl (C=O) groups is 1. The predicted molar refractivity (Wildman–Crippen MR) is 87.7 cm³/mol. The number of thiophene rings is 1. The van der Waals surface area contributed by atoms with Crippen LogP contribution in [0.4, 0.5) is 4.39 Å². The lowest BCUT2D eigenvalue weighted by Crippen LogP contribution is -2.27. The Morgan fingerprint density at radius 1 is 1.29 bits per heavy atom. The smallest absolute Gasteiger partial charge is 0.246 e. The maximum absolute atomic E-state index is 13.0. The third-order valence-corrected chi connectivity index (χ3v) is 4.07. The van der Waals surface area contributed by atoms with Crippen LogP contribution in [0.25, 0.3) is 10.6 Å². The highest BCUT2D eigenvalue weighted by molar-refractivity contribution is 7.13. The van der Waals surface area contributed by atoms with Gasteiger partial charge in [0.05, 0.1) is 11.5 Å². The number of ether oxygens (including phenoxy) is 1. The van der Waals surface area contributed by atoms with Crippen LogP contribution in [-0.4, -0.2) is 17.7 Å². The van der Waals surface area contributed by atoms with E-state index in [2.05, 4.69) is 10.5 Å². The number of hydrogen-bond acceptors (Lipinski definition) is 5. The highest BCUT2D eigenvalue weighted by Crippen LogP contribution is 2.25. The topological polar surface area (TPSA) is 64.4 Å². The molecular formula is C17H15FN2O3S. The molecule has 0 spiro atoms. The Balaban J connectivity index is 1.40. The summed E-state index contributed by atoms with van der Waals surface area (Å²) in [5.41, 5.74) is 1.32. The van der Waals surface area contributed by atoms with E-state index in [0.29, 0.717) is 17.0 Å². The van der Waals surface area contributed by atoms with Crippen molar-refractivity contribution < 1.29 is 18.4 Å². The maximum Gasteiger partial charge on any atom is 0.246 e. The zero-order valence-corrected chi connectivity index (χ0v) is 13.5. The molecule has 7 heteroatoms. The van der Waals surface area contributed by atoms with E-state index in [9.17, 15) is 9.18 Å². The normalized spacial score (nSPS) is 10.7. The molecule has 5 nitrogen and oxygen atoms in total. The Morgan fingerprint density at radius 3 is 3.00 bits per heavy atom. The average molecular weight is 346 g/mol. The molecule has 0 saturated carbocycles. The van der Waals surface area contributed by atoms with Crippen LogP contribution in [0.2, 0.25) is 0 Å². The molecule has 2 aromatic heterocycles. The van der Waals surface area contributed by atoms with Crippen molar-refractivity contribution in [3.05, 3.63) is 64.9 Å². The van der Waals surface area contributed by atoms with E-state index in [1.807, 2.05) is 17.5 Å². The monoisotopic (exact) mass is 346 g/mol. The SMILES string of the molecule is O=C(COCc1cc(-c2cccs2)on1)NCc1cccc(F)c1. The standard InChI is InChI=1S/C17H15FN2O3S/c18-13-4-1-3-12(7-13)9-19-17(21)11-22-10-14-8-15(23-20-14)16-5-2-6-24-16/h1-8H,9-11H2,(H,19,21). The zero-order chi connectivity index (χ0) is 16.8. The Hall–Kier alpha value is -2.51. The summed E-state index contributed by atoms with van der Waals surface area (Å²) in [6, 6.07) is 11.7. The Labute approximate surface area is 142 Å². The molecule has 2 heterocycles. The molecule has 1 aromatic carbocycles. The van der Waals surface area contributed by atoms with Crippen LogP contribution >= 0.6 is 11.3 Å². The Bertz CT molecular complexity index is 802. The molecule has 0 atom stereocenters. The van der Waals surface area contributed by atoms with Gasteiger partial charge in [0, 0.05) is 12.6 Å². The number of aromatic nitrogens is 1. The van der Waals surface area contributed by atoms with Gasteiger partial charge in [0.2, 0.25) is 5.91 Å². The Kier molecular flexibility index (Phi) is 5.35. The fourth-order valence-electron chi connectivity index (χ4n) is 2.06. The second kappa shape index (κ2) is 7.85. The van der Waals surface area contributed by atoms with E-state index in [4.69, 9.17) is 9.26 Å². The van der Waals surface area contributed by atoms with Crippen LogP contribution in [-0.2, 0) is 22.7 Å². The third kappa shape index (κ3) is 4.50. The molecule has 0 fully saturated rings. The lowest BCUT2D eigenvalue weighted by atomic mass is 10.2. The molecule has 1 amide bonds. The summed E-state index contributed by atoms with van der Waals surface area (Å²) in [7, 11) is 0. The molecule has 0 radical (unpaired) electrons. The van der Waals surface area contributed by atoms with E-state index in [1.54, 1.807) is 29.5 Å². The number of nitrogens with one attached hydrogen (secondary N) is 1. The minimum atomic E-state index is -0.328. The molecule has 3 rings (SSSR count). The van der Waals surface area contributed by atoms with Gasteiger partial charge in [-0.1, -0.05) is 23.4 Å². The van der Waals surface area contributed by atoms with Gasteiger partial charge < -0.3 is 14.6 Å². The number of benzene rings is 1. The third-order valence-electron chi connectivity index (χ3n) is 3.18. The summed E-state index contributed by atoms with van der Waals surface area (Å²) >= 11 is 1.56. The van der Waals surface area contributed by atoms with Gasteiger partial charge in [-0.15, -0.1) is 11.3 Å². The van der Waals surface area contributed by atoms with Gasteiger partial charge in [0.1, 0.15) is 18.1 Å². The van der Waals surface area contributed by atoms with Crippen molar-refractivity contribution in [1.82, 2.24) is 10.5 Å². The van der Waals surface area contributed by atoms with E-state index in [0.717, 1.165) is 4.88 Å². The summed E-state index contributed by atoms with van der Waals surface area (Å²) in [6.07, 6.45) is 0. The molecule has 1 N–H and O–H groups in total. The van der Waals surface area contributed by atoms with Gasteiger partial charge in [-0.25, -0.2) is 4.39 Å². The van der Waals surface area contributed by atoms with E-state index in [1.165, 1.54) is 12.1 Å². The molecule has 0 saturated heterocycles. The predicted octanol–water partition coefficient (Wildman–Crippen LogP) is 3.38. The molecule has 0 bridgehead atoms. The highest BCUT2D eigenvalue weighted by atomic mass is 32.1. The van der Waals surface area contributed by atoms with Crippen molar-refractivity contribution in [3.8, 4) is 10.6 Å². The fraction of sp³-hybridized carbons (Fsp3) is 0.176. The lowest BCUT2D eigenvalue weighted by molar-refractivity contribution is -0.126. The number of carbonyl (C=O) groups excluding carboxylic acids is 1. The minimum Gasteiger partial charge on any atom is -0.365 e. The Morgan fingerprint density at radius 2 is 2.21 bits per heavy atom. The number of amides is 1. The van der Waals surface area contributed by atoms with Crippen LogP contribution in [0.5, 0.6) is 0 Å². The highest BCUT2D eigenvalue weighted by Gasteiger charge is 2.09. The van der Waals surface area contributed by atoms with Crippen LogP contribution in [0.15, 0.2) is 52.4 Å². The van der Waals surface area contributed by atoms with Gasteiger partial charge >= 0.3 is 0 Å². The summed E-state index contributed by atoms with van der Waals surface area (Å²) in [6.45, 7) is 0.339. The van der Waals surface area contributed by atoms with Crippen LogP contribution < -0.4 is 5.32 Å². The molecule has 0 aliphatic carbocycles. The number of halogens is 1. The first-order valence-electron chi connectivity index (χ1n) is 7.29. The molecule has 124 valence electrons. The second-order valence-corrected chi connectivity index (χ2v) is 6.01. The van der Waals surface area contributed by atoms with Crippen molar-refractivity contribution in [2.24, 2.45) is 0 Å².